The number of aromatic nitrogens is 2. The highest BCUT2D eigenvalue weighted by atomic mass is 19.4. The number of rotatable bonds is 3. The molecular weight excluding hydrogens is 245 g/mol. The summed E-state index contributed by atoms with van der Waals surface area (Å²) in [7, 11) is 1.69. The number of benzene rings is 1. The third-order valence-corrected chi connectivity index (χ3v) is 2.63. The molecule has 0 fully saturated rings. The second-order valence-electron chi connectivity index (χ2n) is 4.08. The zero-order chi connectivity index (χ0) is 13.3. The molecule has 0 radical (unpaired) electrons. The zero-order valence-corrected chi connectivity index (χ0v) is 9.66. The van der Waals surface area contributed by atoms with Gasteiger partial charge in [0.15, 0.2) is 0 Å². The molecule has 0 saturated carbocycles. The molecule has 2 rings (SSSR count). The molecule has 6 heteroatoms. The lowest BCUT2D eigenvalue weighted by atomic mass is 10.2. The number of ketones is 1. The van der Waals surface area contributed by atoms with Crippen LogP contribution in [0.1, 0.15) is 12.2 Å². The number of imidazole rings is 1. The molecule has 0 N–H and O–H groups in total. The first-order valence-electron chi connectivity index (χ1n) is 5.35. The van der Waals surface area contributed by atoms with Gasteiger partial charge in [0.1, 0.15) is 18.0 Å². The van der Waals surface area contributed by atoms with E-state index in [0.717, 1.165) is 5.52 Å². The summed E-state index contributed by atoms with van der Waals surface area (Å²) in [4.78, 5) is 15.4. The van der Waals surface area contributed by atoms with Crippen molar-refractivity contribution >= 4 is 16.8 Å². The van der Waals surface area contributed by atoms with Gasteiger partial charge in [-0.3, -0.25) is 4.79 Å². The fourth-order valence-electron chi connectivity index (χ4n) is 1.82. The predicted octanol–water partition coefficient (Wildman–Crippen LogP) is 2.64. The molecule has 18 heavy (non-hydrogen) atoms. The van der Waals surface area contributed by atoms with E-state index in [9.17, 15) is 18.0 Å². The fraction of sp³-hybridized carbons (Fsp3) is 0.333. The van der Waals surface area contributed by atoms with Crippen molar-refractivity contribution in [1.82, 2.24) is 9.55 Å². The molecule has 0 aliphatic carbocycles. The van der Waals surface area contributed by atoms with E-state index in [-0.39, 0.29) is 6.42 Å². The van der Waals surface area contributed by atoms with E-state index in [1.54, 1.807) is 29.8 Å². The molecule has 0 unspecified atom stereocenters. The average molecular weight is 256 g/mol. The van der Waals surface area contributed by atoms with Crippen molar-refractivity contribution in [2.45, 2.75) is 19.0 Å². The van der Waals surface area contributed by atoms with Crippen molar-refractivity contribution in [3.05, 3.63) is 30.1 Å². The van der Waals surface area contributed by atoms with Crippen LogP contribution in [0.15, 0.2) is 24.3 Å². The summed E-state index contributed by atoms with van der Waals surface area (Å²) in [6, 6.07) is 7.16. The summed E-state index contributed by atoms with van der Waals surface area (Å²) in [5.41, 5.74) is 1.47. The van der Waals surface area contributed by atoms with Gasteiger partial charge in [-0.15, -0.1) is 0 Å². The number of Topliss-reactive ketones (excluding diaryl/α,β-unsaturated/α-hetero) is 1. The first-order valence-corrected chi connectivity index (χ1v) is 5.35. The van der Waals surface area contributed by atoms with Crippen LogP contribution in [0.4, 0.5) is 13.2 Å². The maximum Gasteiger partial charge on any atom is 0.395 e. The summed E-state index contributed by atoms with van der Waals surface area (Å²) < 4.78 is 37.8. The highest BCUT2D eigenvalue weighted by molar-refractivity contribution is 5.83. The molecule has 1 aromatic heterocycles. The first kappa shape index (κ1) is 12.6. The van der Waals surface area contributed by atoms with E-state index in [2.05, 4.69) is 4.98 Å². The Kier molecular flexibility index (Phi) is 3.11. The van der Waals surface area contributed by atoms with Crippen LogP contribution in [0.2, 0.25) is 0 Å². The molecule has 0 spiro atoms. The Morgan fingerprint density at radius 2 is 2.00 bits per heavy atom. The minimum absolute atomic E-state index is 0.301. The van der Waals surface area contributed by atoms with E-state index in [1.165, 1.54) is 0 Å². The Bertz CT molecular complexity index is 587. The lowest BCUT2D eigenvalue weighted by molar-refractivity contribution is -0.151. The number of alkyl halides is 3. The lowest BCUT2D eigenvalue weighted by Crippen LogP contribution is -2.17. The van der Waals surface area contributed by atoms with E-state index >= 15 is 0 Å². The van der Waals surface area contributed by atoms with Crippen molar-refractivity contribution in [2.24, 2.45) is 7.05 Å². The second-order valence-corrected chi connectivity index (χ2v) is 4.08. The minimum atomic E-state index is -4.46. The van der Waals surface area contributed by atoms with Crippen molar-refractivity contribution in [3.63, 3.8) is 0 Å². The number of carbonyl (C=O) groups excluding carboxylic acids is 1. The number of nitrogens with zero attached hydrogens (tertiary/aromatic N) is 2. The minimum Gasteiger partial charge on any atom is -0.331 e. The standard InChI is InChI=1S/C12H11F3N2O/c1-17-10-5-3-2-4-9(10)16-11(17)6-8(18)7-12(13,14)15/h2-5H,6-7H2,1H3. The molecule has 0 aliphatic rings. The SMILES string of the molecule is Cn1c(CC(=O)CC(F)(F)F)nc2ccccc21. The molecule has 0 aliphatic heterocycles. The Hall–Kier alpha value is -1.85. The van der Waals surface area contributed by atoms with Crippen molar-refractivity contribution in [2.75, 3.05) is 0 Å². The van der Waals surface area contributed by atoms with E-state index in [1.807, 2.05) is 6.07 Å². The normalized spacial score (nSPS) is 12.0. The molecule has 1 heterocycles. The van der Waals surface area contributed by atoms with Gasteiger partial charge in [-0.05, 0) is 12.1 Å². The van der Waals surface area contributed by atoms with Gasteiger partial charge in [0.25, 0.3) is 0 Å². The number of aryl methyl sites for hydroxylation is 1. The lowest BCUT2D eigenvalue weighted by Gasteiger charge is -2.05. The van der Waals surface area contributed by atoms with E-state index in [0.29, 0.717) is 11.3 Å². The fourth-order valence-corrected chi connectivity index (χ4v) is 1.82. The average Bonchev–Trinajstić information content (AvgIpc) is 2.54. The summed E-state index contributed by atoms with van der Waals surface area (Å²) in [5.74, 6) is -0.522. The maximum absolute atomic E-state index is 12.1. The number of fused-ring (bicyclic) bond motifs is 1. The molecule has 0 atom stereocenters. The number of carbonyl (C=O) groups is 1. The molecule has 2 aromatic rings. The Labute approximate surface area is 101 Å². The number of hydrogen-bond acceptors (Lipinski definition) is 2. The number of para-hydroxylation sites is 2. The Morgan fingerprint density at radius 1 is 1.33 bits per heavy atom. The first-order chi connectivity index (χ1) is 8.37. The van der Waals surface area contributed by atoms with Crippen molar-refractivity contribution in [1.29, 1.82) is 0 Å². The maximum atomic E-state index is 12.1. The van der Waals surface area contributed by atoms with Crippen LogP contribution in [-0.4, -0.2) is 21.5 Å². The number of halogens is 3. The zero-order valence-electron chi connectivity index (χ0n) is 9.66. The monoisotopic (exact) mass is 256 g/mol. The predicted molar refractivity (Wildman–Crippen MR) is 60.1 cm³/mol. The van der Waals surface area contributed by atoms with Crippen LogP contribution in [0, 0.1) is 0 Å². The van der Waals surface area contributed by atoms with Gasteiger partial charge in [-0.1, -0.05) is 12.1 Å². The van der Waals surface area contributed by atoms with Crippen LogP contribution in [0.25, 0.3) is 11.0 Å². The summed E-state index contributed by atoms with van der Waals surface area (Å²) >= 11 is 0. The largest absolute Gasteiger partial charge is 0.395 e. The topological polar surface area (TPSA) is 34.9 Å². The van der Waals surface area contributed by atoms with Crippen LogP contribution in [-0.2, 0) is 18.3 Å². The van der Waals surface area contributed by atoms with Gasteiger partial charge in [0.05, 0.1) is 17.5 Å². The molecular formula is C12H11F3N2O. The van der Waals surface area contributed by atoms with Gasteiger partial charge in [0.2, 0.25) is 0 Å². The number of hydrogen-bond donors (Lipinski definition) is 0. The highest BCUT2D eigenvalue weighted by Crippen LogP contribution is 2.21. The van der Waals surface area contributed by atoms with Gasteiger partial charge >= 0.3 is 6.18 Å². The summed E-state index contributed by atoms with van der Waals surface area (Å²) in [6.07, 6.45) is -6.16. The van der Waals surface area contributed by atoms with Gasteiger partial charge < -0.3 is 4.57 Å². The molecule has 0 bridgehead atoms. The van der Waals surface area contributed by atoms with Crippen LogP contribution in [0.3, 0.4) is 0 Å². The van der Waals surface area contributed by atoms with Crippen LogP contribution in [0.5, 0.6) is 0 Å². The quantitative estimate of drug-likeness (QED) is 0.846. The van der Waals surface area contributed by atoms with E-state index in [4.69, 9.17) is 0 Å². The van der Waals surface area contributed by atoms with Gasteiger partial charge in [-0.2, -0.15) is 13.2 Å². The van der Waals surface area contributed by atoms with Crippen molar-refractivity contribution in [3.8, 4) is 0 Å². The van der Waals surface area contributed by atoms with Gasteiger partial charge in [0, 0.05) is 7.05 Å². The Balaban J connectivity index is 2.22. The smallest absolute Gasteiger partial charge is 0.331 e. The molecule has 3 nitrogen and oxygen atoms in total. The van der Waals surface area contributed by atoms with Crippen LogP contribution < -0.4 is 0 Å². The molecule has 1 aromatic carbocycles. The van der Waals surface area contributed by atoms with Crippen molar-refractivity contribution < 1.29 is 18.0 Å². The molecule has 0 saturated heterocycles. The van der Waals surface area contributed by atoms with Gasteiger partial charge in [-0.25, -0.2) is 4.98 Å². The highest BCUT2D eigenvalue weighted by Gasteiger charge is 2.31. The molecule has 0 amide bonds. The third kappa shape index (κ3) is 2.69. The third-order valence-electron chi connectivity index (χ3n) is 2.63. The van der Waals surface area contributed by atoms with E-state index < -0.39 is 18.4 Å². The Morgan fingerprint density at radius 3 is 2.61 bits per heavy atom. The summed E-state index contributed by atoms with van der Waals surface area (Å²) in [5, 5.41) is 0. The van der Waals surface area contributed by atoms with Crippen LogP contribution >= 0.6 is 0 Å². The second kappa shape index (κ2) is 4.44. The summed E-state index contributed by atoms with van der Waals surface area (Å²) in [6.45, 7) is 0. The molecule has 96 valence electrons.